The van der Waals surface area contributed by atoms with Gasteiger partial charge in [-0.2, -0.15) is 0 Å². The maximum absolute atomic E-state index is 5.68. The topological polar surface area (TPSA) is 21.3 Å². The molecule has 0 amide bonds. The van der Waals surface area contributed by atoms with Gasteiger partial charge in [-0.25, -0.2) is 0 Å². The van der Waals surface area contributed by atoms with Crippen molar-refractivity contribution >= 4 is 0 Å². The normalized spacial score (nSPS) is 16.9. The molecule has 2 heteroatoms. The third kappa shape index (κ3) is 2.70. The van der Waals surface area contributed by atoms with Crippen LogP contribution in [0.3, 0.4) is 0 Å². The maximum Gasteiger partial charge on any atom is 0.123 e. The maximum atomic E-state index is 5.68. The number of hydrogen-bond donors (Lipinski definition) is 1. The Bertz CT molecular complexity index is 579. The molecule has 104 valence electrons. The first-order valence-electron chi connectivity index (χ1n) is 7.40. The molecule has 0 fully saturated rings. The molecule has 1 unspecified atom stereocenters. The molecule has 1 atom stereocenters. The van der Waals surface area contributed by atoms with Gasteiger partial charge in [0.25, 0.3) is 0 Å². The molecule has 1 aliphatic rings. The summed E-state index contributed by atoms with van der Waals surface area (Å²) in [7, 11) is 0. The first kappa shape index (κ1) is 13.2. The van der Waals surface area contributed by atoms with E-state index in [4.69, 9.17) is 4.74 Å². The first-order chi connectivity index (χ1) is 9.88. The number of nitrogens with one attached hydrogen (secondary N) is 1. The van der Waals surface area contributed by atoms with Gasteiger partial charge in [-0.05, 0) is 37.0 Å². The van der Waals surface area contributed by atoms with Gasteiger partial charge in [0.2, 0.25) is 0 Å². The molecular weight excluding hydrogens is 246 g/mol. The zero-order valence-electron chi connectivity index (χ0n) is 11.9. The van der Waals surface area contributed by atoms with E-state index in [0.29, 0.717) is 12.6 Å². The molecule has 3 rings (SSSR count). The summed E-state index contributed by atoms with van der Waals surface area (Å²) in [5.74, 6) is 0.994. The second-order valence-corrected chi connectivity index (χ2v) is 5.21. The van der Waals surface area contributed by atoms with Crippen molar-refractivity contribution < 1.29 is 4.74 Å². The van der Waals surface area contributed by atoms with Gasteiger partial charge in [0, 0.05) is 18.2 Å². The zero-order valence-corrected chi connectivity index (χ0v) is 11.9. The van der Waals surface area contributed by atoms with Crippen LogP contribution < -0.4 is 10.1 Å². The van der Waals surface area contributed by atoms with Crippen LogP contribution in [-0.2, 0) is 13.0 Å². The van der Waals surface area contributed by atoms with Crippen molar-refractivity contribution in [2.45, 2.75) is 32.4 Å². The van der Waals surface area contributed by atoms with E-state index < -0.39 is 0 Å². The lowest BCUT2D eigenvalue weighted by atomic mass is 10.1. The molecule has 0 saturated carbocycles. The molecule has 20 heavy (non-hydrogen) atoms. The Morgan fingerprint density at radius 3 is 2.80 bits per heavy atom. The van der Waals surface area contributed by atoms with E-state index in [-0.39, 0.29) is 0 Å². The second kappa shape index (κ2) is 6.10. The number of benzene rings is 2. The lowest BCUT2D eigenvalue weighted by Gasteiger charge is -2.16. The van der Waals surface area contributed by atoms with Crippen molar-refractivity contribution in [2.24, 2.45) is 0 Å². The predicted molar refractivity (Wildman–Crippen MR) is 82.0 cm³/mol. The van der Waals surface area contributed by atoms with Crippen LogP contribution in [0.5, 0.6) is 5.75 Å². The fourth-order valence-electron chi connectivity index (χ4n) is 2.95. The molecule has 0 heterocycles. The van der Waals surface area contributed by atoms with E-state index in [1.54, 1.807) is 0 Å². The van der Waals surface area contributed by atoms with E-state index in [0.717, 1.165) is 12.3 Å². The van der Waals surface area contributed by atoms with Crippen LogP contribution in [-0.4, -0.2) is 6.61 Å². The summed E-state index contributed by atoms with van der Waals surface area (Å²) in [5.41, 5.74) is 4.18. The smallest absolute Gasteiger partial charge is 0.123 e. The summed E-state index contributed by atoms with van der Waals surface area (Å²) in [6.45, 7) is 3.59. The number of ether oxygens (including phenoxy) is 1. The van der Waals surface area contributed by atoms with Crippen molar-refractivity contribution in [3.8, 4) is 5.75 Å². The first-order valence-corrected chi connectivity index (χ1v) is 7.40. The molecular formula is C18H21NO. The van der Waals surface area contributed by atoms with Crippen LogP contribution >= 0.6 is 0 Å². The van der Waals surface area contributed by atoms with Crippen LogP contribution in [0.2, 0.25) is 0 Å². The highest BCUT2D eigenvalue weighted by molar-refractivity contribution is 5.36. The largest absolute Gasteiger partial charge is 0.494 e. The minimum absolute atomic E-state index is 0.473. The van der Waals surface area contributed by atoms with Gasteiger partial charge in [-0.1, -0.05) is 42.5 Å². The molecule has 1 N–H and O–H groups in total. The summed E-state index contributed by atoms with van der Waals surface area (Å²) in [6.07, 6.45) is 2.37. The summed E-state index contributed by atoms with van der Waals surface area (Å²) in [5, 5.41) is 3.67. The van der Waals surface area contributed by atoms with Gasteiger partial charge in [-0.3, -0.25) is 0 Å². The minimum Gasteiger partial charge on any atom is -0.494 e. The summed E-state index contributed by atoms with van der Waals surface area (Å²) < 4.78 is 5.68. The highest BCUT2D eigenvalue weighted by Gasteiger charge is 2.21. The molecule has 0 aromatic heterocycles. The number of para-hydroxylation sites is 1. The van der Waals surface area contributed by atoms with E-state index in [1.807, 2.05) is 19.1 Å². The van der Waals surface area contributed by atoms with E-state index in [9.17, 15) is 0 Å². The third-order valence-electron chi connectivity index (χ3n) is 3.94. The summed E-state index contributed by atoms with van der Waals surface area (Å²) >= 11 is 0. The summed E-state index contributed by atoms with van der Waals surface area (Å²) in [6, 6.07) is 17.5. The zero-order chi connectivity index (χ0) is 13.8. The molecule has 0 aliphatic heterocycles. The quantitative estimate of drug-likeness (QED) is 0.888. The monoisotopic (exact) mass is 267 g/mol. The van der Waals surface area contributed by atoms with Crippen LogP contribution in [0.4, 0.5) is 0 Å². The van der Waals surface area contributed by atoms with Crippen molar-refractivity contribution in [2.75, 3.05) is 6.61 Å². The van der Waals surface area contributed by atoms with Gasteiger partial charge in [0.05, 0.1) is 6.61 Å². The Hall–Kier alpha value is -1.80. The Labute approximate surface area is 120 Å². The van der Waals surface area contributed by atoms with Crippen LogP contribution in [0, 0.1) is 0 Å². The highest BCUT2D eigenvalue weighted by atomic mass is 16.5. The van der Waals surface area contributed by atoms with E-state index >= 15 is 0 Å². The molecule has 0 radical (unpaired) electrons. The molecule has 2 aromatic carbocycles. The van der Waals surface area contributed by atoms with Gasteiger partial charge in [0.1, 0.15) is 5.75 Å². The minimum atomic E-state index is 0.473. The van der Waals surface area contributed by atoms with Crippen molar-refractivity contribution in [3.05, 3.63) is 65.2 Å². The lowest BCUT2D eigenvalue weighted by Crippen LogP contribution is -2.19. The number of rotatable bonds is 5. The molecule has 1 aliphatic carbocycles. The van der Waals surface area contributed by atoms with Gasteiger partial charge in [-0.15, -0.1) is 0 Å². The fraction of sp³-hybridized carbons (Fsp3) is 0.333. The van der Waals surface area contributed by atoms with Crippen LogP contribution in [0.15, 0.2) is 48.5 Å². The van der Waals surface area contributed by atoms with Crippen molar-refractivity contribution in [1.29, 1.82) is 0 Å². The molecule has 0 bridgehead atoms. The lowest BCUT2D eigenvalue weighted by molar-refractivity contribution is 0.334. The Balaban J connectivity index is 1.69. The number of aryl methyl sites for hydroxylation is 1. The fourth-order valence-corrected chi connectivity index (χ4v) is 2.95. The standard InChI is InChI=1S/C18H21NO/c1-2-20-18-10-6-4-8-15(18)13-19-17-12-11-14-7-3-5-9-16(14)17/h3-10,17,19H,2,11-13H2,1H3. The average Bonchev–Trinajstić information content (AvgIpc) is 2.90. The van der Waals surface area contributed by atoms with Crippen molar-refractivity contribution in [1.82, 2.24) is 5.32 Å². The molecule has 0 spiro atoms. The van der Waals surface area contributed by atoms with Crippen molar-refractivity contribution in [3.63, 3.8) is 0 Å². The van der Waals surface area contributed by atoms with E-state index in [2.05, 4.69) is 41.7 Å². The van der Waals surface area contributed by atoms with Crippen LogP contribution in [0.1, 0.15) is 36.1 Å². The average molecular weight is 267 g/mol. The van der Waals surface area contributed by atoms with Crippen LogP contribution in [0.25, 0.3) is 0 Å². The van der Waals surface area contributed by atoms with Gasteiger partial charge >= 0.3 is 0 Å². The summed E-state index contributed by atoms with van der Waals surface area (Å²) in [4.78, 5) is 0. The molecule has 2 aromatic rings. The Kier molecular flexibility index (Phi) is 4.03. The number of hydrogen-bond acceptors (Lipinski definition) is 2. The predicted octanol–water partition coefficient (Wildman–Crippen LogP) is 3.86. The Morgan fingerprint density at radius 1 is 1.10 bits per heavy atom. The number of fused-ring (bicyclic) bond motifs is 1. The third-order valence-corrected chi connectivity index (χ3v) is 3.94. The van der Waals surface area contributed by atoms with E-state index in [1.165, 1.54) is 29.5 Å². The SMILES string of the molecule is CCOc1ccccc1CNC1CCc2ccccc21. The molecule has 2 nitrogen and oxygen atoms in total. The molecule has 0 saturated heterocycles. The second-order valence-electron chi connectivity index (χ2n) is 5.21. The Morgan fingerprint density at radius 2 is 1.90 bits per heavy atom. The van der Waals surface area contributed by atoms with Gasteiger partial charge in [0.15, 0.2) is 0 Å². The van der Waals surface area contributed by atoms with Gasteiger partial charge < -0.3 is 10.1 Å². The highest BCUT2D eigenvalue weighted by Crippen LogP contribution is 2.31.